The summed E-state index contributed by atoms with van der Waals surface area (Å²) in [6.07, 6.45) is 44.3. The van der Waals surface area contributed by atoms with E-state index in [1.807, 2.05) is 0 Å². The number of nitrogens with zero attached hydrogens (tertiary/aromatic N) is 1. The van der Waals surface area contributed by atoms with Gasteiger partial charge in [0.05, 0.1) is 14.2 Å². The number of carboxylic acids is 1. The van der Waals surface area contributed by atoms with Crippen molar-refractivity contribution < 1.29 is 29.0 Å². The molecule has 1 aliphatic rings. The summed E-state index contributed by atoms with van der Waals surface area (Å²) in [5.41, 5.74) is 20.4. The largest absolute Gasteiger partial charge is 0.489 e. The summed E-state index contributed by atoms with van der Waals surface area (Å²) >= 11 is 0. The summed E-state index contributed by atoms with van der Waals surface area (Å²) in [5, 5.41) is 14.9. The summed E-state index contributed by atoms with van der Waals surface area (Å²) in [5.74, 6) is -1.80. The van der Waals surface area contributed by atoms with Crippen LogP contribution in [-0.4, -0.2) is 61.3 Å². The van der Waals surface area contributed by atoms with Gasteiger partial charge >= 0.3 is 5.97 Å². The lowest BCUT2D eigenvalue weighted by atomic mass is 9.90. The fraction of sp³-hybridized carbons (Fsp3) is 0.556. The standard InChI is InChI=1S/C59H90O4.C4H9N3O2/c1-44(2)24-15-25-45(3)26-16-27-46(4)28-17-29-47(5)30-18-31-48(6)32-19-33-49(7)34-20-35-50(8)36-21-37-51(9)38-22-39-52(10)40-23-41-53(11)42-43-55-54(12)56(60)58(62-13)59(63-14)57(55)61;1-7(4(5)6)2-3(8)9/h24,26,28,30,32,34,36,38,40,42H,15-23,25,27,29,31,33,35,37,39,41,43H2,1-14H3;2H2,1H3,(H3,5,6)(H,8,9)/b45-26+,46-28+,47-30+,48-32+,49-34+,50-36+,51-38+,52-40+,53-42+;. The number of likely N-dealkylation sites (N-methyl/N-ethyl adjacent to an activating group) is 1. The van der Waals surface area contributed by atoms with Gasteiger partial charge in [-0.05, 0) is 205 Å². The Balaban J connectivity index is 0.00000506. The van der Waals surface area contributed by atoms with Crippen molar-refractivity contribution >= 4 is 23.5 Å². The van der Waals surface area contributed by atoms with E-state index in [4.69, 9.17) is 25.7 Å². The molecule has 0 aliphatic heterocycles. The maximum absolute atomic E-state index is 12.9. The van der Waals surface area contributed by atoms with Crippen molar-refractivity contribution in [3.05, 3.63) is 139 Å². The molecule has 9 heteroatoms. The van der Waals surface area contributed by atoms with Gasteiger partial charge in [0.25, 0.3) is 0 Å². The molecule has 0 atom stereocenters. The monoisotopic (exact) mass is 994 g/mol. The molecule has 0 amide bonds. The summed E-state index contributed by atoms with van der Waals surface area (Å²) in [6.45, 7) is 26.1. The van der Waals surface area contributed by atoms with Crippen molar-refractivity contribution in [3.63, 3.8) is 0 Å². The van der Waals surface area contributed by atoms with Crippen LogP contribution in [0.1, 0.15) is 205 Å². The van der Waals surface area contributed by atoms with Crippen molar-refractivity contribution in [2.24, 2.45) is 5.73 Å². The number of ether oxygens (including phenoxy) is 2. The van der Waals surface area contributed by atoms with Crippen LogP contribution in [0.4, 0.5) is 0 Å². The summed E-state index contributed by atoms with van der Waals surface area (Å²) in [7, 11) is 4.22. The zero-order valence-electron chi connectivity index (χ0n) is 47.9. The molecule has 0 fully saturated rings. The quantitative estimate of drug-likeness (QED) is 0.0255. The molecule has 0 spiro atoms. The molecule has 0 aromatic heterocycles. The van der Waals surface area contributed by atoms with E-state index in [9.17, 15) is 14.4 Å². The Bertz CT molecular complexity index is 2140. The van der Waals surface area contributed by atoms with E-state index < -0.39 is 5.97 Å². The van der Waals surface area contributed by atoms with E-state index in [0.717, 1.165) is 101 Å². The maximum atomic E-state index is 12.9. The van der Waals surface area contributed by atoms with Crippen molar-refractivity contribution in [2.45, 2.75) is 205 Å². The Morgan fingerprint density at radius 2 is 0.736 bits per heavy atom. The number of aliphatic carboxylic acids is 1. The number of carbonyl (C=O) groups excluding carboxylic acids is 2. The molecule has 0 bridgehead atoms. The topological polar surface area (TPSA) is 143 Å². The van der Waals surface area contributed by atoms with Gasteiger partial charge < -0.3 is 25.2 Å². The van der Waals surface area contributed by atoms with Crippen LogP contribution in [-0.2, 0) is 23.9 Å². The highest BCUT2D eigenvalue weighted by atomic mass is 16.5. The van der Waals surface area contributed by atoms with Crippen molar-refractivity contribution in [1.82, 2.24) is 4.90 Å². The van der Waals surface area contributed by atoms with Crippen LogP contribution in [0.5, 0.6) is 0 Å². The highest BCUT2D eigenvalue weighted by Crippen LogP contribution is 2.28. The Labute approximate surface area is 438 Å². The lowest BCUT2D eigenvalue weighted by Gasteiger charge is -2.19. The number of carbonyl (C=O) groups is 3. The molecule has 0 aromatic rings. The number of allylic oxidation sites excluding steroid dienone is 22. The minimum Gasteiger partial charge on any atom is -0.489 e. The molecule has 0 aromatic carbocycles. The number of guanidine groups is 1. The molecule has 1 rings (SSSR count). The van der Waals surface area contributed by atoms with E-state index >= 15 is 0 Å². The van der Waals surface area contributed by atoms with Gasteiger partial charge in [-0.1, -0.05) is 116 Å². The fourth-order valence-electron chi connectivity index (χ4n) is 7.88. The van der Waals surface area contributed by atoms with Crippen molar-refractivity contribution in [2.75, 3.05) is 27.8 Å². The molecule has 1 aliphatic carbocycles. The van der Waals surface area contributed by atoms with Crippen LogP contribution in [0.15, 0.2) is 139 Å². The summed E-state index contributed by atoms with van der Waals surface area (Å²) in [6, 6.07) is 0. The average Bonchev–Trinajstić information content (AvgIpc) is 3.29. The molecule has 0 saturated heterocycles. The van der Waals surface area contributed by atoms with Gasteiger partial charge in [0.2, 0.25) is 23.1 Å². The van der Waals surface area contributed by atoms with E-state index in [0.29, 0.717) is 17.6 Å². The van der Waals surface area contributed by atoms with Crippen LogP contribution in [0.2, 0.25) is 0 Å². The molecular weight excluding hydrogens is 895 g/mol. The molecule has 0 heterocycles. The van der Waals surface area contributed by atoms with Gasteiger partial charge in [-0.25, -0.2) is 0 Å². The third kappa shape index (κ3) is 32.5. The second-order valence-corrected chi connectivity index (χ2v) is 20.3. The normalized spacial score (nSPS) is 15.0. The highest BCUT2D eigenvalue weighted by Gasteiger charge is 2.34. The molecule has 0 radical (unpaired) electrons. The zero-order valence-corrected chi connectivity index (χ0v) is 47.9. The first kappa shape index (κ1) is 66.6. The highest BCUT2D eigenvalue weighted by molar-refractivity contribution is 6.23. The minimum atomic E-state index is -0.993. The number of ketones is 2. The second-order valence-electron chi connectivity index (χ2n) is 20.3. The lowest BCUT2D eigenvalue weighted by molar-refractivity contribution is -0.137. The van der Waals surface area contributed by atoms with E-state index in [1.54, 1.807) is 6.92 Å². The first-order chi connectivity index (χ1) is 34.0. The van der Waals surface area contributed by atoms with E-state index in [-0.39, 0.29) is 35.6 Å². The number of rotatable bonds is 33. The third-order valence-electron chi connectivity index (χ3n) is 12.9. The Kier molecular flexibility index (Phi) is 36.2. The number of carboxylic acid groups (broad SMARTS) is 1. The maximum Gasteiger partial charge on any atom is 0.323 e. The van der Waals surface area contributed by atoms with Gasteiger partial charge in [0.15, 0.2) is 5.96 Å². The summed E-state index contributed by atoms with van der Waals surface area (Å²) < 4.78 is 10.3. The predicted molar refractivity (Wildman–Crippen MR) is 307 cm³/mol. The van der Waals surface area contributed by atoms with Gasteiger partial charge in [0, 0.05) is 18.2 Å². The first-order valence-electron chi connectivity index (χ1n) is 26.4. The fourth-order valence-corrected chi connectivity index (χ4v) is 7.88. The number of hydrogen-bond donors (Lipinski definition) is 3. The van der Waals surface area contributed by atoms with Crippen LogP contribution < -0.4 is 5.73 Å². The SMILES string of the molecule is CN(CC(=O)O)C(=N)N.COC1=C(OC)C(=O)C(C/C=C(\C)CC/C=C(\C)CC/C=C(\C)CC/C=C(\C)CC/C=C(\C)CC/C=C(\C)CC/C=C(\C)CC/C=C(\C)CC/C=C(\C)CCC=C(C)C)=C(C)C1=O. The predicted octanol–water partition coefficient (Wildman–Crippen LogP) is 16.8. The Hall–Kier alpha value is -5.44. The Morgan fingerprint density at radius 1 is 0.486 bits per heavy atom. The molecule has 0 unspecified atom stereocenters. The van der Waals surface area contributed by atoms with E-state index in [2.05, 4.69) is 137 Å². The van der Waals surface area contributed by atoms with Gasteiger partial charge in [-0.15, -0.1) is 0 Å². The minimum absolute atomic E-state index is 0.00667. The number of hydrogen-bond acceptors (Lipinski definition) is 6. The molecule has 72 heavy (non-hydrogen) atoms. The third-order valence-corrected chi connectivity index (χ3v) is 12.9. The van der Waals surface area contributed by atoms with Crippen molar-refractivity contribution in [3.8, 4) is 0 Å². The number of Topliss-reactive ketones (excluding diaryl/α,β-unsaturated/α-hetero) is 2. The molecular formula is C63H99N3O6. The van der Waals surface area contributed by atoms with Crippen LogP contribution in [0.3, 0.4) is 0 Å². The molecule has 0 saturated carbocycles. The number of nitrogens with two attached hydrogens (primary N) is 1. The second kappa shape index (κ2) is 39.1. The number of methoxy groups -OCH3 is 2. The smallest absolute Gasteiger partial charge is 0.323 e. The molecule has 402 valence electrons. The Morgan fingerprint density at radius 3 is 0.958 bits per heavy atom. The van der Waals surface area contributed by atoms with Crippen LogP contribution in [0, 0.1) is 5.41 Å². The van der Waals surface area contributed by atoms with Gasteiger partial charge in [0.1, 0.15) is 6.54 Å². The van der Waals surface area contributed by atoms with E-state index in [1.165, 1.54) is 96.3 Å². The van der Waals surface area contributed by atoms with Gasteiger partial charge in [-0.2, -0.15) is 0 Å². The first-order valence-corrected chi connectivity index (χ1v) is 26.4. The average molecular weight is 994 g/mol. The van der Waals surface area contributed by atoms with Gasteiger partial charge in [-0.3, -0.25) is 19.8 Å². The lowest BCUT2D eigenvalue weighted by Crippen LogP contribution is -2.36. The van der Waals surface area contributed by atoms with Crippen molar-refractivity contribution in [1.29, 1.82) is 5.41 Å². The zero-order chi connectivity index (χ0) is 54.6. The molecule has 9 nitrogen and oxygen atoms in total. The number of nitrogens with one attached hydrogen (secondary N) is 1. The van der Waals surface area contributed by atoms with Crippen LogP contribution in [0.25, 0.3) is 0 Å². The summed E-state index contributed by atoms with van der Waals surface area (Å²) in [4.78, 5) is 36.6. The van der Waals surface area contributed by atoms with Crippen LogP contribution >= 0.6 is 0 Å². The molecule has 4 N–H and O–H groups in total.